The Bertz CT molecular complexity index is 693. The Morgan fingerprint density at radius 2 is 1.81 bits per heavy atom. The van der Waals surface area contributed by atoms with Crippen molar-refractivity contribution in [1.29, 1.82) is 0 Å². The maximum Gasteiger partial charge on any atom is 0.262 e. The van der Waals surface area contributed by atoms with E-state index in [1.807, 2.05) is 0 Å². The molecule has 1 atom stereocenters. The molecule has 1 unspecified atom stereocenters. The molecule has 1 aromatic rings. The average Bonchev–Trinajstić information content (AvgIpc) is 2.96. The third-order valence-electron chi connectivity index (χ3n) is 4.78. The van der Waals surface area contributed by atoms with E-state index in [1.165, 1.54) is 4.90 Å². The molecular weight excluding hydrogens is 376 g/mol. The Morgan fingerprint density at radius 3 is 2.38 bits per heavy atom. The van der Waals surface area contributed by atoms with E-state index in [2.05, 4.69) is 5.32 Å². The zero-order chi connectivity index (χ0) is 18.2. The van der Waals surface area contributed by atoms with Gasteiger partial charge in [-0.3, -0.25) is 14.9 Å². The van der Waals surface area contributed by atoms with Crippen LogP contribution >= 0.6 is 12.4 Å². The number of hydrogen-bond donors (Lipinski definition) is 1. The molecule has 1 amide bonds. The standard InChI is InChI=1S/C17H18F4N2O2.ClH/c18-11-1-2-13(19)12(7-11)15(24)10-3-5-23(6-4-10)16(25)14-8-17(20,21)9-22-14;/h1-2,7,10,14,22H,3-6,8-9H2;1H. The van der Waals surface area contributed by atoms with Gasteiger partial charge in [0, 0.05) is 25.4 Å². The first-order valence-electron chi connectivity index (χ1n) is 8.16. The number of carbonyl (C=O) groups excluding carboxylic acids is 2. The molecule has 2 fully saturated rings. The molecule has 9 heteroatoms. The summed E-state index contributed by atoms with van der Waals surface area (Å²) in [7, 11) is 0. The van der Waals surface area contributed by atoms with Gasteiger partial charge in [0.15, 0.2) is 5.78 Å². The molecule has 0 aliphatic carbocycles. The molecule has 0 radical (unpaired) electrons. The van der Waals surface area contributed by atoms with Crippen molar-refractivity contribution in [3.63, 3.8) is 0 Å². The summed E-state index contributed by atoms with van der Waals surface area (Å²) in [4.78, 5) is 26.1. The predicted octanol–water partition coefficient (Wildman–Crippen LogP) is 2.81. The van der Waals surface area contributed by atoms with Crippen LogP contribution in [0.25, 0.3) is 0 Å². The third-order valence-corrected chi connectivity index (χ3v) is 4.78. The largest absolute Gasteiger partial charge is 0.341 e. The molecule has 2 aliphatic heterocycles. The van der Waals surface area contributed by atoms with Crippen molar-refractivity contribution in [2.24, 2.45) is 5.92 Å². The van der Waals surface area contributed by atoms with Crippen molar-refractivity contribution < 1.29 is 27.2 Å². The summed E-state index contributed by atoms with van der Waals surface area (Å²) in [5, 5.41) is 2.52. The molecule has 0 bridgehead atoms. The maximum absolute atomic E-state index is 13.7. The lowest BCUT2D eigenvalue weighted by atomic mass is 9.88. The van der Waals surface area contributed by atoms with Crippen LogP contribution < -0.4 is 5.32 Å². The molecular formula is C17H19ClF4N2O2. The Morgan fingerprint density at radius 1 is 1.15 bits per heavy atom. The number of ketones is 1. The molecule has 1 N–H and O–H groups in total. The first-order chi connectivity index (χ1) is 11.8. The van der Waals surface area contributed by atoms with Gasteiger partial charge in [0.05, 0.1) is 18.2 Å². The van der Waals surface area contributed by atoms with Crippen LogP contribution in [-0.2, 0) is 4.79 Å². The van der Waals surface area contributed by atoms with Crippen molar-refractivity contribution in [3.8, 4) is 0 Å². The summed E-state index contributed by atoms with van der Waals surface area (Å²) in [6, 6.07) is 1.81. The number of rotatable bonds is 3. The van der Waals surface area contributed by atoms with Gasteiger partial charge in [-0.2, -0.15) is 0 Å². The Kier molecular flexibility index (Phi) is 6.29. The Labute approximate surface area is 154 Å². The van der Waals surface area contributed by atoms with E-state index in [1.54, 1.807) is 0 Å². The van der Waals surface area contributed by atoms with E-state index in [9.17, 15) is 27.2 Å². The van der Waals surface area contributed by atoms with Gasteiger partial charge < -0.3 is 4.90 Å². The van der Waals surface area contributed by atoms with Crippen LogP contribution in [0.3, 0.4) is 0 Å². The number of amides is 1. The molecule has 26 heavy (non-hydrogen) atoms. The lowest BCUT2D eigenvalue weighted by molar-refractivity contribution is -0.135. The number of likely N-dealkylation sites (tertiary alicyclic amines) is 1. The van der Waals surface area contributed by atoms with Crippen LogP contribution in [0.2, 0.25) is 0 Å². The molecule has 2 saturated heterocycles. The van der Waals surface area contributed by atoms with Gasteiger partial charge in [-0.05, 0) is 31.0 Å². The fourth-order valence-corrected chi connectivity index (χ4v) is 3.38. The van der Waals surface area contributed by atoms with Crippen molar-refractivity contribution in [2.45, 2.75) is 31.2 Å². The minimum atomic E-state index is -2.89. The van der Waals surface area contributed by atoms with Gasteiger partial charge in [0.1, 0.15) is 11.6 Å². The van der Waals surface area contributed by atoms with E-state index < -0.39 is 54.2 Å². The van der Waals surface area contributed by atoms with Crippen LogP contribution in [0.4, 0.5) is 17.6 Å². The van der Waals surface area contributed by atoms with Crippen LogP contribution in [0.1, 0.15) is 29.6 Å². The zero-order valence-corrected chi connectivity index (χ0v) is 14.6. The van der Waals surface area contributed by atoms with Gasteiger partial charge in [-0.25, -0.2) is 17.6 Å². The van der Waals surface area contributed by atoms with Crippen LogP contribution in [0, 0.1) is 17.6 Å². The van der Waals surface area contributed by atoms with Gasteiger partial charge in [0.25, 0.3) is 5.92 Å². The maximum atomic E-state index is 13.7. The average molecular weight is 395 g/mol. The summed E-state index contributed by atoms with van der Waals surface area (Å²) < 4.78 is 53.4. The van der Waals surface area contributed by atoms with E-state index >= 15 is 0 Å². The smallest absolute Gasteiger partial charge is 0.262 e. The van der Waals surface area contributed by atoms with Crippen LogP contribution in [0.15, 0.2) is 18.2 Å². The molecule has 3 rings (SSSR count). The number of piperidine rings is 1. The second-order valence-electron chi connectivity index (χ2n) is 6.58. The van der Waals surface area contributed by atoms with E-state index in [-0.39, 0.29) is 31.1 Å². The monoisotopic (exact) mass is 394 g/mol. The summed E-state index contributed by atoms with van der Waals surface area (Å²) in [5.41, 5.74) is -0.290. The number of nitrogens with zero attached hydrogens (tertiary/aromatic N) is 1. The highest BCUT2D eigenvalue weighted by Crippen LogP contribution is 2.28. The molecule has 2 aliphatic rings. The summed E-state index contributed by atoms with van der Waals surface area (Å²) in [6.45, 7) is -0.0525. The molecule has 0 saturated carbocycles. The fourth-order valence-electron chi connectivity index (χ4n) is 3.38. The summed E-state index contributed by atoms with van der Waals surface area (Å²) in [5.74, 6) is -5.76. The van der Waals surface area contributed by atoms with Gasteiger partial charge in [-0.1, -0.05) is 0 Å². The first-order valence-corrected chi connectivity index (χ1v) is 8.16. The molecule has 0 spiro atoms. The second kappa shape index (κ2) is 7.92. The van der Waals surface area contributed by atoms with Crippen molar-refractivity contribution in [2.75, 3.05) is 19.6 Å². The van der Waals surface area contributed by atoms with Crippen LogP contribution in [0.5, 0.6) is 0 Å². The van der Waals surface area contributed by atoms with Gasteiger partial charge in [-0.15, -0.1) is 12.4 Å². The minimum Gasteiger partial charge on any atom is -0.341 e. The number of Topliss-reactive ketones (excluding diaryl/α,β-unsaturated/α-hetero) is 1. The van der Waals surface area contributed by atoms with Gasteiger partial charge >= 0.3 is 0 Å². The normalized spacial score (nSPS) is 22.8. The molecule has 1 aromatic carbocycles. The summed E-state index contributed by atoms with van der Waals surface area (Å²) >= 11 is 0. The SMILES string of the molecule is Cl.O=C(c1cc(F)ccc1F)C1CCN(C(=O)C2CC(F)(F)CN2)CC1. The van der Waals surface area contributed by atoms with Crippen molar-refractivity contribution in [3.05, 3.63) is 35.4 Å². The van der Waals surface area contributed by atoms with Crippen LogP contribution in [-0.4, -0.2) is 48.2 Å². The topological polar surface area (TPSA) is 49.4 Å². The van der Waals surface area contributed by atoms with Crippen molar-refractivity contribution in [1.82, 2.24) is 10.2 Å². The lowest BCUT2D eigenvalue weighted by Crippen LogP contribution is -2.47. The highest BCUT2D eigenvalue weighted by Gasteiger charge is 2.44. The zero-order valence-electron chi connectivity index (χ0n) is 13.8. The molecule has 144 valence electrons. The number of alkyl halides is 2. The molecule has 4 nitrogen and oxygen atoms in total. The third kappa shape index (κ3) is 4.35. The lowest BCUT2D eigenvalue weighted by Gasteiger charge is -2.33. The molecule has 2 heterocycles. The van der Waals surface area contributed by atoms with Crippen molar-refractivity contribution >= 4 is 24.1 Å². The number of nitrogens with one attached hydrogen (secondary N) is 1. The number of carbonyl (C=O) groups is 2. The number of hydrogen-bond acceptors (Lipinski definition) is 3. The molecule has 0 aromatic heterocycles. The highest BCUT2D eigenvalue weighted by molar-refractivity contribution is 5.98. The Balaban J connectivity index is 0.00000243. The highest BCUT2D eigenvalue weighted by atomic mass is 35.5. The predicted molar refractivity (Wildman–Crippen MR) is 88.6 cm³/mol. The van der Waals surface area contributed by atoms with Gasteiger partial charge in [0.2, 0.25) is 5.91 Å². The second-order valence-corrected chi connectivity index (χ2v) is 6.58. The number of benzene rings is 1. The van der Waals surface area contributed by atoms with E-state index in [0.717, 1.165) is 18.2 Å². The van der Waals surface area contributed by atoms with E-state index in [0.29, 0.717) is 12.8 Å². The van der Waals surface area contributed by atoms with E-state index in [4.69, 9.17) is 0 Å². The Hall–Kier alpha value is -1.67. The minimum absolute atomic E-state index is 0. The summed E-state index contributed by atoms with van der Waals surface area (Å²) in [6.07, 6.45) is 0.0620. The fraction of sp³-hybridized carbons (Fsp3) is 0.529. The quantitative estimate of drug-likeness (QED) is 0.633. The first kappa shape index (κ1) is 20.6. The number of halogens is 5.